The number of amides is 1. The fourth-order valence-electron chi connectivity index (χ4n) is 2.77. The molecule has 0 aliphatic carbocycles. The van der Waals surface area contributed by atoms with Gasteiger partial charge in [-0.1, -0.05) is 80.4 Å². The van der Waals surface area contributed by atoms with Gasteiger partial charge in [0.15, 0.2) is 5.13 Å². The average molecular weight is 500 g/mol. The lowest BCUT2D eigenvalue weighted by molar-refractivity contribution is 0.102. The van der Waals surface area contributed by atoms with Gasteiger partial charge in [0, 0.05) is 16.7 Å². The smallest absolute Gasteiger partial charge is 0.260 e. The largest absolute Gasteiger partial charge is 0.298 e. The van der Waals surface area contributed by atoms with E-state index in [-0.39, 0.29) is 33.9 Å². The third-order valence-corrected chi connectivity index (χ3v) is 5.63. The summed E-state index contributed by atoms with van der Waals surface area (Å²) in [5.41, 5.74) is 2.32. The Morgan fingerprint density at radius 3 is 2.21 bits per heavy atom. The number of carbonyl (C=O) groups excluding carboxylic acids is 1. The number of halogens is 3. The Morgan fingerprint density at radius 2 is 1.64 bits per heavy atom. The maximum absolute atomic E-state index is 12.7. The molecule has 2 aromatic carbocycles. The molecule has 1 aromatic heterocycles. The highest BCUT2D eigenvalue weighted by Crippen LogP contribution is 2.34. The molecule has 0 aliphatic heterocycles. The van der Waals surface area contributed by atoms with E-state index in [2.05, 4.69) is 38.2 Å². The minimum atomic E-state index is -0.355. The molecule has 0 unspecified atom stereocenters. The number of hydrogen-bond donors (Lipinski definition) is 1. The number of nitrogens with one attached hydrogen (secondary N) is 1. The summed E-state index contributed by atoms with van der Waals surface area (Å²) < 4.78 is 0. The molecule has 0 bridgehead atoms. The third kappa shape index (κ3) is 5.35. The van der Waals surface area contributed by atoms with Gasteiger partial charge in [-0.2, -0.15) is 0 Å². The van der Waals surface area contributed by atoms with Crippen molar-refractivity contribution in [3.63, 3.8) is 0 Å². The molecule has 0 aliphatic rings. The highest BCUT2D eigenvalue weighted by Gasteiger charge is 2.25. The Hall–Kier alpha value is -1.40. The third-order valence-electron chi connectivity index (χ3n) is 4.03. The molecule has 0 atom stereocenters. The lowest BCUT2D eigenvalue weighted by atomic mass is 9.90. The van der Waals surface area contributed by atoms with Crippen molar-refractivity contribution >= 4 is 62.6 Å². The zero-order chi connectivity index (χ0) is 19.6. The summed E-state index contributed by atoms with van der Waals surface area (Å²) in [6.07, 6.45) is 0.772. The zero-order valence-electron chi connectivity index (χ0n) is 15.8. The van der Waals surface area contributed by atoms with Crippen molar-refractivity contribution in [3.8, 4) is 0 Å². The van der Waals surface area contributed by atoms with Gasteiger partial charge in [0.1, 0.15) is 0 Å². The van der Waals surface area contributed by atoms with Gasteiger partial charge in [-0.25, -0.2) is 4.98 Å². The van der Waals surface area contributed by atoms with Crippen LogP contribution in [0.5, 0.6) is 0 Å². The van der Waals surface area contributed by atoms with Crippen LogP contribution in [-0.2, 0) is 11.8 Å². The molecular weight excluding hydrogens is 479 g/mol. The Morgan fingerprint density at radius 1 is 1.04 bits per heavy atom. The Kier molecular flexibility index (Phi) is 7.68. The normalized spacial score (nSPS) is 11.0. The van der Waals surface area contributed by atoms with Gasteiger partial charge in [0.25, 0.3) is 5.91 Å². The monoisotopic (exact) mass is 498 g/mol. The molecule has 1 heterocycles. The maximum Gasteiger partial charge on any atom is 0.260 e. The second-order valence-electron chi connectivity index (χ2n) is 7.25. The molecule has 0 radical (unpaired) electrons. The molecule has 1 amide bonds. The molecule has 28 heavy (non-hydrogen) atoms. The van der Waals surface area contributed by atoms with Gasteiger partial charge in [-0.05, 0) is 17.7 Å². The van der Waals surface area contributed by atoms with Crippen molar-refractivity contribution in [1.82, 2.24) is 4.98 Å². The SMILES string of the molecule is Br.CC(C)(C)c1nc(NC(=O)c2c(Cl)cccc2Cl)sc1Cc1ccccc1. The fraction of sp³-hybridized carbons (Fsp3) is 0.238. The number of benzene rings is 2. The molecule has 0 spiro atoms. The fourth-order valence-corrected chi connectivity index (χ4v) is 4.54. The van der Waals surface area contributed by atoms with Crippen LogP contribution in [0.15, 0.2) is 48.5 Å². The van der Waals surface area contributed by atoms with Crippen LogP contribution in [0.25, 0.3) is 0 Å². The second-order valence-corrected chi connectivity index (χ2v) is 9.15. The summed E-state index contributed by atoms with van der Waals surface area (Å²) in [7, 11) is 0. The van der Waals surface area contributed by atoms with Gasteiger partial charge >= 0.3 is 0 Å². The first-order valence-corrected chi connectivity index (χ1v) is 10.1. The highest BCUT2D eigenvalue weighted by molar-refractivity contribution is 8.93. The summed E-state index contributed by atoms with van der Waals surface area (Å²) in [5.74, 6) is -0.355. The summed E-state index contributed by atoms with van der Waals surface area (Å²) in [6.45, 7) is 6.35. The van der Waals surface area contributed by atoms with Gasteiger partial charge in [-0.3, -0.25) is 10.1 Å². The predicted molar refractivity (Wildman–Crippen MR) is 125 cm³/mol. The number of hydrogen-bond acceptors (Lipinski definition) is 3. The van der Waals surface area contributed by atoms with E-state index in [9.17, 15) is 4.79 Å². The Balaban J connectivity index is 0.00000280. The van der Waals surface area contributed by atoms with E-state index in [0.717, 1.165) is 17.0 Å². The summed E-state index contributed by atoms with van der Waals surface area (Å²) in [6, 6.07) is 15.2. The van der Waals surface area contributed by atoms with Crippen molar-refractivity contribution in [2.75, 3.05) is 5.32 Å². The van der Waals surface area contributed by atoms with Crippen molar-refractivity contribution in [2.24, 2.45) is 0 Å². The van der Waals surface area contributed by atoms with Crippen LogP contribution in [0.1, 0.15) is 47.3 Å². The molecule has 3 aromatic rings. The number of aromatic nitrogens is 1. The minimum absolute atomic E-state index is 0. The first-order valence-electron chi connectivity index (χ1n) is 8.55. The van der Waals surface area contributed by atoms with Crippen molar-refractivity contribution in [3.05, 3.63) is 80.3 Å². The topological polar surface area (TPSA) is 42.0 Å². The van der Waals surface area contributed by atoms with Crippen LogP contribution >= 0.6 is 51.5 Å². The average Bonchev–Trinajstić information content (AvgIpc) is 2.98. The summed E-state index contributed by atoms with van der Waals surface area (Å²) in [5, 5.41) is 4.04. The molecule has 0 fully saturated rings. The molecule has 0 saturated heterocycles. The quantitative estimate of drug-likeness (QED) is 0.413. The maximum atomic E-state index is 12.7. The zero-order valence-corrected chi connectivity index (χ0v) is 19.8. The summed E-state index contributed by atoms with van der Waals surface area (Å²) in [4.78, 5) is 18.5. The Labute approximate surface area is 189 Å². The second kappa shape index (κ2) is 9.40. The number of nitrogens with zero attached hydrogens (tertiary/aromatic N) is 1. The van der Waals surface area contributed by atoms with E-state index in [1.807, 2.05) is 18.2 Å². The number of carbonyl (C=O) groups is 1. The van der Waals surface area contributed by atoms with Gasteiger partial charge in [0.2, 0.25) is 0 Å². The molecule has 0 saturated carbocycles. The molecular formula is C21H21BrCl2N2OS. The predicted octanol–water partition coefficient (Wildman–Crippen LogP) is 7.17. The van der Waals surface area contributed by atoms with Gasteiger partial charge in [-0.15, -0.1) is 28.3 Å². The van der Waals surface area contributed by atoms with Crippen LogP contribution in [0, 0.1) is 0 Å². The molecule has 1 N–H and O–H groups in total. The lowest BCUT2D eigenvalue weighted by Crippen LogP contribution is -2.16. The lowest BCUT2D eigenvalue weighted by Gasteiger charge is -2.17. The van der Waals surface area contributed by atoms with E-state index in [4.69, 9.17) is 28.2 Å². The van der Waals surface area contributed by atoms with Crippen LogP contribution in [-0.4, -0.2) is 10.9 Å². The summed E-state index contributed by atoms with van der Waals surface area (Å²) >= 11 is 13.8. The van der Waals surface area contributed by atoms with Gasteiger partial charge in [0.05, 0.1) is 21.3 Å². The van der Waals surface area contributed by atoms with Crippen molar-refractivity contribution < 1.29 is 4.79 Å². The molecule has 3 rings (SSSR count). The number of anilines is 1. The van der Waals surface area contributed by atoms with E-state index in [1.165, 1.54) is 16.9 Å². The molecule has 148 valence electrons. The van der Waals surface area contributed by atoms with Crippen LogP contribution in [0.2, 0.25) is 10.0 Å². The van der Waals surface area contributed by atoms with E-state index >= 15 is 0 Å². The van der Waals surface area contributed by atoms with Gasteiger partial charge < -0.3 is 0 Å². The minimum Gasteiger partial charge on any atom is -0.298 e. The number of thiazole rings is 1. The highest BCUT2D eigenvalue weighted by atomic mass is 79.9. The molecule has 3 nitrogen and oxygen atoms in total. The van der Waals surface area contributed by atoms with Crippen molar-refractivity contribution in [1.29, 1.82) is 0 Å². The first kappa shape index (κ1) is 22.9. The van der Waals surface area contributed by atoms with Crippen LogP contribution in [0.3, 0.4) is 0 Å². The van der Waals surface area contributed by atoms with E-state index < -0.39 is 0 Å². The Bertz CT molecular complexity index is 948. The van der Waals surface area contributed by atoms with Crippen LogP contribution in [0.4, 0.5) is 5.13 Å². The van der Waals surface area contributed by atoms with E-state index in [0.29, 0.717) is 15.2 Å². The van der Waals surface area contributed by atoms with Crippen LogP contribution < -0.4 is 5.32 Å². The van der Waals surface area contributed by atoms with Crippen molar-refractivity contribution in [2.45, 2.75) is 32.6 Å². The first-order chi connectivity index (χ1) is 12.8. The standard InChI is InChI=1S/C21H20Cl2N2OS.BrH/c1-21(2,3)18-16(12-13-8-5-4-6-9-13)27-20(24-18)25-19(26)17-14(22)10-7-11-15(17)23;/h4-11H,12H2,1-3H3,(H,24,25,26);1H. The number of rotatable bonds is 4. The molecule has 7 heteroatoms. The van der Waals surface area contributed by atoms with E-state index in [1.54, 1.807) is 18.2 Å².